The second-order valence-corrected chi connectivity index (χ2v) is 6.30. The summed E-state index contributed by atoms with van der Waals surface area (Å²) in [5.74, 6) is 1.31. The largest absolute Gasteiger partial charge is 0.391 e. The summed E-state index contributed by atoms with van der Waals surface area (Å²) in [5, 5.41) is 14.9. The Labute approximate surface area is 156 Å². The molecule has 3 heterocycles. The Balaban J connectivity index is 1.80. The molecule has 1 aliphatic heterocycles. The van der Waals surface area contributed by atoms with Crippen molar-refractivity contribution >= 4 is 0 Å². The van der Waals surface area contributed by atoms with E-state index < -0.39 is 6.10 Å². The lowest BCUT2D eigenvalue weighted by Crippen LogP contribution is -2.33. The monoisotopic (exact) mass is 366 g/mol. The van der Waals surface area contributed by atoms with Crippen LogP contribution in [0.15, 0.2) is 48.8 Å². The van der Waals surface area contributed by atoms with Crippen LogP contribution in [0.2, 0.25) is 0 Å². The summed E-state index contributed by atoms with van der Waals surface area (Å²) < 4.78 is 1.78. The molecule has 140 valence electrons. The molecule has 1 aromatic carbocycles. The highest BCUT2D eigenvalue weighted by Crippen LogP contribution is 2.28. The van der Waals surface area contributed by atoms with Gasteiger partial charge in [0.2, 0.25) is 0 Å². The minimum absolute atomic E-state index is 0.133. The molecular formula is C18H22N8O. The van der Waals surface area contributed by atoms with Gasteiger partial charge >= 0.3 is 0 Å². The molecule has 4 rings (SSSR count). The summed E-state index contributed by atoms with van der Waals surface area (Å²) in [6, 6.07) is 11.7. The Bertz CT molecular complexity index is 891. The molecule has 0 bridgehead atoms. The third-order valence-corrected chi connectivity index (χ3v) is 4.47. The van der Waals surface area contributed by atoms with Gasteiger partial charge in [-0.2, -0.15) is 16.2 Å². The van der Waals surface area contributed by atoms with Crippen LogP contribution in [0.3, 0.4) is 0 Å². The van der Waals surface area contributed by atoms with Crippen molar-refractivity contribution in [2.75, 3.05) is 0 Å². The lowest BCUT2D eigenvalue weighted by atomic mass is 10.0. The highest BCUT2D eigenvalue weighted by molar-refractivity contribution is 5.65. The summed E-state index contributed by atoms with van der Waals surface area (Å²) in [6.07, 6.45) is 3.45. The highest BCUT2D eigenvalue weighted by Gasteiger charge is 2.23. The molecule has 0 amide bonds. The molecular weight excluding hydrogens is 344 g/mol. The number of hydrazine groups is 3. The maximum atomic E-state index is 10.2. The number of hydrogen-bond acceptors (Lipinski definition) is 8. The van der Waals surface area contributed by atoms with Gasteiger partial charge in [0.15, 0.2) is 11.6 Å². The van der Waals surface area contributed by atoms with Gasteiger partial charge in [-0.1, -0.05) is 31.2 Å². The molecule has 2 aromatic heterocycles. The Morgan fingerprint density at radius 1 is 1.11 bits per heavy atom. The molecule has 9 heteroatoms. The summed E-state index contributed by atoms with van der Waals surface area (Å²) in [5.41, 5.74) is 14.7. The van der Waals surface area contributed by atoms with Crippen LogP contribution in [0.25, 0.3) is 22.8 Å². The Kier molecular flexibility index (Phi) is 5.19. The van der Waals surface area contributed by atoms with Crippen molar-refractivity contribution in [3.8, 4) is 22.8 Å². The fourth-order valence-corrected chi connectivity index (χ4v) is 2.98. The van der Waals surface area contributed by atoms with E-state index in [4.69, 9.17) is 4.98 Å². The number of nitrogens with zero attached hydrogens (tertiary/aromatic N) is 4. The van der Waals surface area contributed by atoms with E-state index in [1.165, 1.54) is 0 Å². The van der Waals surface area contributed by atoms with E-state index in [1.54, 1.807) is 17.1 Å². The first-order valence-corrected chi connectivity index (χ1v) is 8.90. The average Bonchev–Trinajstić information content (AvgIpc) is 3.39. The summed E-state index contributed by atoms with van der Waals surface area (Å²) in [4.78, 5) is 8.84. The van der Waals surface area contributed by atoms with Gasteiger partial charge in [0.25, 0.3) is 0 Å². The van der Waals surface area contributed by atoms with Gasteiger partial charge < -0.3 is 5.11 Å². The van der Waals surface area contributed by atoms with E-state index in [1.807, 2.05) is 43.3 Å². The van der Waals surface area contributed by atoms with Crippen LogP contribution in [-0.4, -0.2) is 31.0 Å². The Morgan fingerprint density at radius 3 is 2.59 bits per heavy atom. The van der Waals surface area contributed by atoms with Gasteiger partial charge in [-0.15, -0.1) is 0 Å². The molecule has 0 aliphatic carbocycles. The Hall–Kier alpha value is -2.69. The summed E-state index contributed by atoms with van der Waals surface area (Å²) in [6.45, 7) is 2.32. The van der Waals surface area contributed by atoms with E-state index in [0.717, 1.165) is 16.7 Å². The molecule has 0 saturated carbocycles. The Morgan fingerprint density at radius 2 is 1.85 bits per heavy atom. The zero-order valence-electron chi connectivity index (χ0n) is 14.9. The zero-order valence-corrected chi connectivity index (χ0v) is 14.9. The highest BCUT2D eigenvalue weighted by atomic mass is 16.3. The maximum absolute atomic E-state index is 10.2. The standard InChI is InChI=1S/C18H22N8O/c1-2-13(27)11-26-18(20-16(23-26)12-7-9-19-10-8-12)15-6-4-3-5-14(15)17-21-24-25-22-17/h3-10,13,17,21-22,24-25,27H,2,11H2,1H3. The fraction of sp³-hybridized carbons (Fsp3) is 0.278. The van der Waals surface area contributed by atoms with E-state index in [0.29, 0.717) is 24.6 Å². The van der Waals surface area contributed by atoms with Crippen LogP contribution in [-0.2, 0) is 6.54 Å². The molecule has 1 aliphatic rings. The molecule has 3 aromatic rings. The zero-order chi connectivity index (χ0) is 18.6. The predicted octanol–water partition coefficient (Wildman–Crippen LogP) is 0.894. The first kappa shape index (κ1) is 17.7. The normalized spacial score (nSPS) is 15.9. The lowest BCUT2D eigenvalue weighted by molar-refractivity contribution is 0.146. The van der Waals surface area contributed by atoms with E-state index in [2.05, 4.69) is 32.0 Å². The molecule has 0 spiro atoms. The van der Waals surface area contributed by atoms with Crippen LogP contribution in [0.1, 0.15) is 25.1 Å². The van der Waals surface area contributed by atoms with Gasteiger partial charge in [-0.3, -0.25) is 4.98 Å². The SMILES string of the molecule is CCC(O)Cn1nc(-c2ccncc2)nc1-c1ccccc1C1NNNN1. The first-order valence-electron chi connectivity index (χ1n) is 8.90. The number of aliphatic hydroxyl groups is 1. The second-order valence-electron chi connectivity index (χ2n) is 6.30. The second kappa shape index (κ2) is 7.91. The van der Waals surface area contributed by atoms with Crippen molar-refractivity contribution in [3.63, 3.8) is 0 Å². The van der Waals surface area contributed by atoms with Gasteiger partial charge in [0.1, 0.15) is 6.17 Å². The third-order valence-electron chi connectivity index (χ3n) is 4.47. The third kappa shape index (κ3) is 3.72. The maximum Gasteiger partial charge on any atom is 0.181 e. The quantitative estimate of drug-likeness (QED) is 0.437. The number of nitrogens with one attached hydrogen (secondary N) is 4. The van der Waals surface area contributed by atoms with Crippen molar-refractivity contribution in [3.05, 3.63) is 54.4 Å². The van der Waals surface area contributed by atoms with Crippen molar-refractivity contribution < 1.29 is 5.11 Å². The van der Waals surface area contributed by atoms with E-state index >= 15 is 0 Å². The minimum atomic E-state index is -0.492. The molecule has 1 atom stereocenters. The van der Waals surface area contributed by atoms with Gasteiger partial charge in [0.05, 0.1) is 12.6 Å². The number of benzene rings is 1. The number of hydrogen-bond donors (Lipinski definition) is 5. The fourth-order valence-electron chi connectivity index (χ4n) is 2.98. The van der Waals surface area contributed by atoms with E-state index in [-0.39, 0.29) is 6.17 Å². The van der Waals surface area contributed by atoms with Gasteiger partial charge in [-0.25, -0.2) is 20.5 Å². The molecule has 5 N–H and O–H groups in total. The molecule has 9 nitrogen and oxygen atoms in total. The first-order chi connectivity index (χ1) is 13.3. The van der Waals surface area contributed by atoms with Crippen molar-refractivity contribution in [1.29, 1.82) is 0 Å². The van der Waals surface area contributed by atoms with Gasteiger partial charge in [-0.05, 0) is 24.1 Å². The average molecular weight is 366 g/mol. The van der Waals surface area contributed by atoms with E-state index in [9.17, 15) is 5.11 Å². The van der Waals surface area contributed by atoms with Crippen LogP contribution in [0.5, 0.6) is 0 Å². The van der Waals surface area contributed by atoms with Crippen molar-refractivity contribution in [1.82, 2.24) is 41.7 Å². The number of aromatic nitrogens is 4. The summed E-state index contributed by atoms with van der Waals surface area (Å²) in [7, 11) is 0. The molecule has 27 heavy (non-hydrogen) atoms. The molecule has 1 fully saturated rings. The molecule has 0 radical (unpaired) electrons. The number of rotatable bonds is 6. The molecule has 1 saturated heterocycles. The van der Waals surface area contributed by atoms with Crippen molar-refractivity contribution in [2.45, 2.75) is 32.2 Å². The van der Waals surface area contributed by atoms with Crippen LogP contribution in [0.4, 0.5) is 0 Å². The smallest absolute Gasteiger partial charge is 0.181 e. The molecule has 1 unspecified atom stereocenters. The number of aliphatic hydroxyl groups excluding tert-OH is 1. The van der Waals surface area contributed by atoms with Crippen LogP contribution < -0.4 is 21.9 Å². The predicted molar refractivity (Wildman–Crippen MR) is 100 cm³/mol. The lowest BCUT2D eigenvalue weighted by Gasteiger charge is -2.16. The van der Waals surface area contributed by atoms with Crippen LogP contribution in [0, 0.1) is 0 Å². The van der Waals surface area contributed by atoms with Crippen molar-refractivity contribution in [2.24, 2.45) is 0 Å². The summed E-state index contributed by atoms with van der Waals surface area (Å²) >= 11 is 0. The minimum Gasteiger partial charge on any atom is -0.391 e. The van der Waals surface area contributed by atoms with Gasteiger partial charge in [0, 0.05) is 23.5 Å². The van der Waals surface area contributed by atoms with Crippen LogP contribution >= 0.6 is 0 Å². The topological polar surface area (TPSA) is 112 Å². The number of pyridine rings is 1.